The van der Waals surface area contributed by atoms with E-state index in [2.05, 4.69) is 0 Å². The Morgan fingerprint density at radius 3 is 3.00 bits per heavy atom. The Hall–Kier alpha value is -1.22. The van der Waals surface area contributed by atoms with E-state index in [0.29, 0.717) is 18.2 Å². The molecule has 1 aliphatic heterocycles. The summed E-state index contributed by atoms with van der Waals surface area (Å²) in [4.78, 5) is 13.8. The molecule has 4 heteroatoms. The summed E-state index contributed by atoms with van der Waals surface area (Å²) >= 11 is 5.79. The summed E-state index contributed by atoms with van der Waals surface area (Å²) in [7, 11) is 0. The predicted molar refractivity (Wildman–Crippen MR) is 67.2 cm³/mol. The number of carbonyl (C=O) groups is 1. The van der Waals surface area contributed by atoms with Gasteiger partial charge in [-0.05, 0) is 30.0 Å². The molecule has 1 fully saturated rings. The van der Waals surface area contributed by atoms with Crippen LogP contribution in [-0.2, 0) is 11.2 Å². The van der Waals surface area contributed by atoms with Gasteiger partial charge in [0.25, 0.3) is 0 Å². The Kier molecular flexibility index (Phi) is 3.89. The fourth-order valence-corrected chi connectivity index (χ4v) is 2.39. The molecule has 0 radical (unpaired) electrons. The minimum absolute atomic E-state index is 0.114. The zero-order valence-electron chi connectivity index (χ0n) is 9.60. The first-order chi connectivity index (χ1) is 8.19. The van der Waals surface area contributed by atoms with Crippen molar-refractivity contribution >= 4 is 17.5 Å². The average Bonchev–Trinajstić information content (AvgIpc) is 2.77. The number of likely N-dealkylation sites (tertiary alicyclic amines) is 1. The molecular weight excluding hydrogens is 238 g/mol. The average molecular weight is 254 g/mol. The molecule has 1 atom stereocenters. The van der Waals surface area contributed by atoms with Gasteiger partial charge >= 0.3 is 0 Å². The Bertz CT molecular complexity index is 408. The van der Waals surface area contributed by atoms with Gasteiger partial charge in [0.1, 0.15) is 5.75 Å². The molecule has 0 saturated carbocycles. The van der Waals surface area contributed by atoms with Gasteiger partial charge in [-0.25, -0.2) is 0 Å². The van der Waals surface area contributed by atoms with Crippen LogP contribution in [0.3, 0.4) is 0 Å². The zero-order chi connectivity index (χ0) is 12.3. The summed E-state index contributed by atoms with van der Waals surface area (Å²) in [5, 5.41) is 9.33. The van der Waals surface area contributed by atoms with E-state index < -0.39 is 0 Å². The summed E-state index contributed by atoms with van der Waals surface area (Å²) in [5.41, 5.74) is 0.851. The van der Waals surface area contributed by atoms with Crippen LogP contribution in [-0.4, -0.2) is 34.9 Å². The number of alkyl halides is 1. The van der Waals surface area contributed by atoms with Crippen molar-refractivity contribution in [2.24, 2.45) is 5.92 Å². The number of hydrogen-bond donors (Lipinski definition) is 1. The molecule has 0 aliphatic carbocycles. The predicted octanol–water partition coefficient (Wildman–Crippen LogP) is 2.02. The minimum atomic E-state index is 0.114. The topological polar surface area (TPSA) is 40.5 Å². The van der Waals surface area contributed by atoms with Gasteiger partial charge in [0.15, 0.2) is 0 Å². The van der Waals surface area contributed by atoms with Crippen LogP contribution in [0, 0.1) is 5.92 Å². The number of phenols is 1. The third kappa shape index (κ3) is 3.13. The fourth-order valence-electron chi connectivity index (χ4n) is 2.14. The van der Waals surface area contributed by atoms with Crippen LogP contribution in [0.1, 0.15) is 12.0 Å². The summed E-state index contributed by atoms with van der Waals surface area (Å²) in [6.45, 7) is 1.57. The van der Waals surface area contributed by atoms with Crippen LogP contribution in [0.4, 0.5) is 0 Å². The Morgan fingerprint density at radius 2 is 2.35 bits per heavy atom. The largest absolute Gasteiger partial charge is 0.508 e. The van der Waals surface area contributed by atoms with Gasteiger partial charge in [-0.2, -0.15) is 0 Å². The van der Waals surface area contributed by atoms with Crippen LogP contribution < -0.4 is 0 Å². The maximum atomic E-state index is 12.0. The molecule has 2 rings (SSSR count). The maximum Gasteiger partial charge on any atom is 0.227 e. The van der Waals surface area contributed by atoms with E-state index >= 15 is 0 Å². The van der Waals surface area contributed by atoms with Gasteiger partial charge < -0.3 is 10.0 Å². The second-order valence-corrected chi connectivity index (χ2v) is 4.80. The van der Waals surface area contributed by atoms with E-state index in [1.54, 1.807) is 18.2 Å². The lowest BCUT2D eigenvalue weighted by atomic mass is 10.1. The van der Waals surface area contributed by atoms with Crippen molar-refractivity contribution in [3.8, 4) is 5.75 Å². The minimum Gasteiger partial charge on any atom is -0.508 e. The van der Waals surface area contributed by atoms with Gasteiger partial charge in [0.2, 0.25) is 5.91 Å². The number of hydrogen-bond acceptors (Lipinski definition) is 2. The van der Waals surface area contributed by atoms with Crippen molar-refractivity contribution < 1.29 is 9.90 Å². The second-order valence-electron chi connectivity index (χ2n) is 4.50. The lowest BCUT2D eigenvalue weighted by Gasteiger charge is -2.16. The van der Waals surface area contributed by atoms with Crippen LogP contribution >= 0.6 is 11.6 Å². The highest BCUT2D eigenvalue weighted by Gasteiger charge is 2.25. The maximum absolute atomic E-state index is 12.0. The molecule has 1 unspecified atom stereocenters. The quantitative estimate of drug-likeness (QED) is 0.838. The molecule has 1 heterocycles. The highest BCUT2D eigenvalue weighted by molar-refractivity contribution is 6.18. The summed E-state index contributed by atoms with van der Waals surface area (Å²) in [5.74, 6) is 1.37. The third-order valence-corrected chi connectivity index (χ3v) is 3.56. The number of benzene rings is 1. The number of amides is 1. The normalized spacial score (nSPS) is 19.6. The first-order valence-corrected chi connectivity index (χ1v) is 6.34. The van der Waals surface area contributed by atoms with Crippen molar-refractivity contribution in [2.75, 3.05) is 19.0 Å². The molecule has 1 saturated heterocycles. The molecule has 1 N–H and O–H groups in total. The molecule has 1 amide bonds. The van der Waals surface area contributed by atoms with E-state index in [4.69, 9.17) is 11.6 Å². The van der Waals surface area contributed by atoms with Crippen molar-refractivity contribution in [3.05, 3.63) is 29.8 Å². The number of rotatable bonds is 3. The van der Waals surface area contributed by atoms with Gasteiger partial charge in [0, 0.05) is 19.0 Å². The number of nitrogens with zero attached hydrogens (tertiary/aromatic N) is 1. The third-order valence-electron chi connectivity index (χ3n) is 3.12. The molecular formula is C13H16ClNO2. The molecule has 1 aliphatic rings. The molecule has 0 spiro atoms. The van der Waals surface area contributed by atoms with E-state index in [9.17, 15) is 9.90 Å². The summed E-state index contributed by atoms with van der Waals surface area (Å²) in [6, 6.07) is 6.84. The summed E-state index contributed by atoms with van der Waals surface area (Å²) < 4.78 is 0. The monoisotopic (exact) mass is 253 g/mol. The van der Waals surface area contributed by atoms with E-state index in [1.807, 2.05) is 11.0 Å². The van der Waals surface area contributed by atoms with Crippen molar-refractivity contribution in [3.63, 3.8) is 0 Å². The van der Waals surface area contributed by atoms with Crippen LogP contribution in [0.2, 0.25) is 0 Å². The summed E-state index contributed by atoms with van der Waals surface area (Å²) in [6.07, 6.45) is 1.35. The van der Waals surface area contributed by atoms with Crippen LogP contribution in [0.25, 0.3) is 0 Å². The van der Waals surface area contributed by atoms with Crippen molar-refractivity contribution in [1.82, 2.24) is 4.90 Å². The first kappa shape index (κ1) is 12.2. The van der Waals surface area contributed by atoms with Gasteiger partial charge in [-0.3, -0.25) is 4.79 Å². The SMILES string of the molecule is O=C(Cc1cccc(O)c1)N1CCC(CCl)C1. The van der Waals surface area contributed by atoms with E-state index in [-0.39, 0.29) is 11.7 Å². The van der Waals surface area contributed by atoms with Gasteiger partial charge in [-0.15, -0.1) is 11.6 Å². The van der Waals surface area contributed by atoms with Crippen LogP contribution in [0.15, 0.2) is 24.3 Å². The number of aromatic hydroxyl groups is 1. The highest BCUT2D eigenvalue weighted by Crippen LogP contribution is 2.19. The number of phenolic OH excluding ortho intramolecular Hbond substituents is 1. The molecule has 3 nitrogen and oxygen atoms in total. The Morgan fingerprint density at radius 1 is 1.53 bits per heavy atom. The van der Waals surface area contributed by atoms with E-state index in [0.717, 1.165) is 25.1 Å². The molecule has 17 heavy (non-hydrogen) atoms. The smallest absolute Gasteiger partial charge is 0.227 e. The standard InChI is InChI=1S/C13H16ClNO2/c14-8-11-4-5-15(9-11)13(17)7-10-2-1-3-12(16)6-10/h1-3,6,11,16H,4-5,7-9H2. The second kappa shape index (κ2) is 5.41. The van der Waals surface area contributed by atoms with Gasteiger partial charge in [-0.1, -0.05) is 12.1 Å². The molecule has 1 aromatic rings. The lowest BCUT2D eigenvalue weighted by Crippen LogP contribution is -2.30. The first-order valence-electron chi connectivity index (χ1n) is 5.80. The van der Waals surface area contributed by atoms with Crippen molar-refractivity contribution in [1.29, 1.82) is 0 Å². The molecule has 0 aromatic heterocycles. The Labute approximate surface area is 106 Å². The zero-order valence-corrected chi connectivity index (χ0v) is 10.4. The highest BCUT2D eigenvalue weighted by atomic mass is 35.5. The van der Waals surface area contributed by atoms with Crippen molar-refractivity contribution in [2.45, 2.75) is 12.8 Å². The lowest BCUT2D eigenvalue weighted by molar-refractivity contribution is -0.129. The van der Waals surface area contributed by atoms with Gasteiger partial charge in [0.05, 0.1) is 6.42 Å². The number of halogens is 1. The fraction of sp³-hybridized carbons (Fsp3) is 0.462. The molecule has 1 aromatic carbocycles. The Balaban J connectivity index is 1.93. The number of carbonyl (C=O) groups excluding carboxylic acids is 1. The van der Waals surface area contributed by atoms with E-state index in [1.165, 1.54) is 0 Å². The molecule has 92 valence electrons. The van der Waals surface area contributed by atoms with Crippen LogP contribution in [0.5, 0.6) is 5.75 Å². The molecule has 0 bridgehead atoms.